The van der Waals surface area contributed by atoms with Gasteiger partial charge in [0.25, 0.3) is 0 Å². The number of likely N-dealkylation sites (tertiary alicyclic amines) is 1. The predicted octanol–water partition coefficient (Wildman–Crippen LogP) is 2.99. The lowest BCUT2D eigenvalue weighted by Crippen LogP contribution is -2.39. The van der Waals surface area contributed by atoms with E-state index in [1.165, 1.54) is 19.3 Å². The quantitative estimate of drug-likeness (QED) is 0.888. The maximum atomic E-state index is 12.9. The summed E-state index contributed by atoms with van der Waals surface area (Å²) in [6.07, 6.45) is 6.11. The molecule has 2 unspecified atom stereocenters. The van der Waals surface area contributed by atoms with E-state index in [2.05, 4.69) is 0 Å². The van der Waals surface area contributed by atoms with Gasteiger partial charge in [-0.25, -0.2) is 0 Å². The third-order valence-corrected chi connectivity index (χ3v) is 5.72. The first-order valence-electron chi connectivity index (χ1n) is 8.49. The van der Waals surface area contributed by atoms with E-state index >= 15 is 0 Å². The Morgan fingerprint density at radius 2 is 1.96 bits per heavy atom. The van der Waals surface area contributed by atoms with Crippen molar-refractivity contribution in [2.45, 2.75) is 44.6 Å². The molecule has 2 N–H and O–H groups in total. The Morgan fingerprint density at radius 1 is 1.22 bits per heavy atom. The van der Waals surface area contributed by atoms with Gasteiger partial charge < -0.3 is 15.1 Å². The first kappa shape index (κ1) is 16.6. The third-order valence-electron chi connectivity index (χ3n) is 5.37. The van der Waals surface area contributed by atoms with Gasteiger partial charge >= 0.3 is 0 Å². The summed E-state index contributed by atoms with van der Waals surface area (Å²) in [4.78, 5) is 14.9. The van der Waals surface area contributed by atoms with Crippen molar-refractivity contribution in [2.75, 3.05) is 13.2 Å². The van der Waals surface area contributed by atoms with Crippen LogP contribution in [0.25, 0.3) is 0 Å². The van der Waals surface area contributed by atoms with Gasteiger partial charge in [0.2, 0.25) is 5.91 Å². The average Bonchev–Trinajstić information content (AvgIpc) is 2.88. The monoisotopic (exact) mass is 337 g/mol. The molecule has 0 bridgehead atoms. The molecule has 5 heteroatoms. The highest BCUT2D eigenvalue weighted by molar-refractivity contribution is 6.31. The van der Waals surface area contributed by atoms with Crippen LogP contribution >= 0.6 is 11.6 Å². The summed E-state index contributed by atoms with van der Waals surface area (Å²) in [5.74, 6) is -0.152. The number of carbonyl (C=O) groups is 1. The fraction of sp³-hybridized carbons (Fsp3) is 0.611. The van der Waals surface area contributed by atoms with E-state index in [-0.39, 0.29) is 30.1 Å². The number of nitrogens with zero attached hydrogens (tertiary/aromatic N) is 1. The van der Waals surface area contributed by atoms with Crippen molar-refractivity contribution in [3.63, 3.8) is 0 Å². The topological polar surface area (TPSA) is 60.8 Å². The van der Waals surface area contributed by atoms with Crippen molar-refractivity contribution in [3.05, 3.63) is 28.8 Å². The zero-order valence-electron chi connectivity index (χ0n) is 13.2. The first-order valence-corrected chi connectivity index (χ1v) is 8.87. The number of phenols is 1. The lowest BCUT2D eigenvalue weighted by atomic mass is 9.89. The van der Waals surface area contributed by atoms with E-state index in [0.29, 0.717) is 29.6 Å². The van der Waals surface area contributed by atoms with Crippen LogP contribution in [-0.2, 0) is 11.2 Å². The van der Waals surface area contributed by atoms with Gasteiger partial charge in [-0.2, -0.15) is 0 Å². The van der Waals surface area contributed by atoms with Crippen molar-refractivity contribution in [3.8, 4) is 5.75 Å². The molecule has 4 nitrogen and oxygen atoms in total. The Balaban J connectivity index is 1.79. The molecule has 0 spiro atoms. The smallest absolute Gasteiger partial charge is 0.226 e. The van der Waals surface area contributed by atoms with Gasteiger partial charge in [-0.15, -0.1) is 0 Å². The summed E-state index contributed by atoms with van der Waals surface area (Å²) in [5, 5.41) is 20.2. The van der Waals surface area contributed by atoms with Crippen LogP contribution in [0.2, 0.25) is 5.02 Å². The molecule has 1 saturated carbocycles. The van der Waals surface area contributed by atoms with Crippen molar-refractivity contribution >= 4 is 17.5 Å². The van der Waals surface area contributed by atoms with Crippen LogP contribution in [0.1, 0.15) is 37.7 Å². The highest BCUT2D eigenvalue weighted by Gasteiger charge is 2.43. The number of benzene rings is 1. The molecular formula is C18H24ClNO3. The fourth-order valence-electron chi connectivity index (χ4n) is 4.01. The van der Waals surface area contributed by atoms with E-state index in [9.17, 15) is 15.0 Å². The zero-order chi connectivity index (χ0) is 16.4. The van der Waals surface area contributed by atoms with E-state index in [1.54, 1.807) is 18.2 Å². The Labute approximate surface area is 142 Å². The largest absolute Gasteiger partial charge is 0.508 e. The first-order chi connectivity index (χ1) is 11.1. The van der Waals surface area contributed by atoms with Gasteiger partial charge in [0, 0.05) is 41.6 Å². The molecule has 1 saturated heterocycles. The van der Waals surface area contributed by atoms with Gasteiger partial charge in [0.1, 0.15) is 5.75 Å². The molecule has 23 heavy (non-hydrogen) atoms. The second-order valence-electron chi connectivity index (χ2n) is 6.77. The maximum Gasteiger partial charge on any atom is 0.226 e. The molecule has 0 radical (unpaired) electrons. The van der Waals surface area contributed by atoms with Crippen LogP contribution in [0.15, 0.2) is 18.2 Å². The van der Waals surface area contributed by atoms with E-state index in [4.69, 9.17) is 11.6 Å². The number of hydrogen-bond acceptors (Lipinski definition) is 3. The molecule has 0 aromatic heterocycles. The summed E-state index contributed by atoms with van der Waals surface area (Å²) < 4.78 is 0. The highest BCUT2D eigenvalue weighted by Crippen LogP contribution is 2.36. The molecule has 2 fully saturated rings. The summed E-state index contributed by atoms with van der Waals surface area (Å²) in [5.41, 5.74) is 0.608. The van der Waals surface area contributed by atoms with Gasteiger partial charge in [0.15, 0.2) is 0 Å². The fourth-order valence-corrected chi connectivity index (χ4v) is 4.26. The summed E-state index contributed by atoms with van der Waals surface area (Å²) in [7, 11) is 0. The molecule has 3 rings (SSSR count). The second kappa shape index (κ2) is 7.10. The predicted molar refractivity (Wildman–Crippen MR) is 89.5 cm³/mol. The second-order valence-corrected chi connectivity index (χ2v) is 7.18. The summed E-state index contributed by atoms with van der Waals surface area (Å²) >= 11 is 6.18. The molecule has 1 amide bonds. The lowest BCUT2D eigenvalue weighted by Gasteiger charge is -2.31. The molecule has 1 aromatic carbocycles. The Bertz CT molecular complexity index is 551. The van der Waals surface area contributed by atoms with E-state index < -0.39 is 0 Å². The van der Waals surface area contributed by atoms with Crippen molar-refractivity contribution < 1.29 is 15.0 Å². The number of halogens is 1. The number of phenolic OH excluding ortho intramolecular Hbond substituents is 1. The van der Waals surface area contributed by atoms with Crippen LogP contribution in [0.5, 0.6) is 5.75 Å². The minimum absolute atomic E-state index is 0.00909. The zero-order valence-corrected chi connectivity index (χ0v) is 14.0. The van der Waals surface area contributed by atoms with Gasteiger partial charge in [-0.05, 0) is 31.4 Å². The van der Waals surface area contributed by atoms with Crippen LogP contribution in [0.3, 0.4) is 0 Å². The molecule has 2 atom stereocenters. The molecule has 1 aliphatic carbocycles. The molecule has 1 aromatic rings. The minimum atomic E-state index is -0.298. The van der Waals surface area contributed by atoms with Gasteiger partial charge in [-0.3, -0.25) is 4.79 Å². The molecule has 2 aliphatic rings. The van der Waals surface area contributed by atoms with Crippen molar-refractivity contribution in [1.82, 2.24) is 4.90 Å². The average molecular weight is 338 g/mol. The number of aliphatic hydroxyl groups is 1. The normalized spacial score (nSPS) is 26.0. The van der Waals surface area contributed by atoms with Gasteiger partial charge in [0.05, 0.1) is 0 Å². The van der Waals surface area contributed by atoms with Gasteiger partial charge in [-0.1, -0.05) is 36.9 Å². The number of amides is 1. The molecular weight excluding hydrogens is 314 g/mol. The summed E-state index contributed by atoms with van der Waals surface area (Å²) in [6, 6.07) is 5.32. The molecule has 1 heterocycles. The Kier molecular flexibility index (Phi) is 5.12. The number of aromatic hydroxyl groups is 1. The number of aliphatic hydroxyl groups excluding tert-OH is 1. The number of carbonyl (C=O) groups excluding carboxylic acids is 1. The minimum Gasteiger partial charge on any atom is -0.508 e. The van der Waals surface area contributed by atoms with Crippen LogP contribution < -0.4 is 0 Å². The third kappa shape index (κ3) is 3.33. The van der Waals surface area contributed by atoms with E-state index in [0.717, 1.165) is 12.8 Å². The Morgan fingerprint density at radius 3 is 2.61 bits per heavy atom. The van der Waals surface area contributed by atoms with E-state index in [1.807, 2.05) is 4.90 Å². The highest BCUT2D eigenvalue weighted by atomic mass is 35.5. The number of hydrogen-bond donors (Lipinski definition) is 2. The maximum absolute atomic E-state index is 12.9. The van der Waals surface area contributed by atoms with Crippen molar-refractivity contribution in [1.29, 1.82) is 0 Å². The van der Waals surface area contributed by atoms with Crippen LogP contribution in [-0.4, -0.2) is 40.2 Å². The lowest BCUT2D eigenvalue weighted by molar-refractivity contribution is -0.133. The number of rotatable bonds is 4. The van der Waals surface area contributed by atoms with Crippen LogP contribution in [0.4, 0.5) is 0 Å². The SMILES string of the molecule is O=C1C(Cc2c(O)cccc2Cl)C(CO)CN1C1CCCCC1. The molecule has 126 valence electrons. The Hall–Kier alpha value is -1.26. The van der Waals surface area contributed by atoms with Crippen LogP contribution in [0, 0.1) is 11.8 Å². The summed E-state index contributed by atoms with van der Waals surface area (Å²) in [6.45, 7) is 0.612. The standard InChI is InChI=1S/C18H24ClNO3/c19-16-7-4-8-17(22)15(16)9-14-12(11-21)10-20(18(14)23)13-5-2-1-3-6-13/h4,7-8,12-14,21-22H,1-3,5-6,9-11H2. The molecule has 1 aliphatic heterocycles. The van der Waals surface area contributed by atoms with Crippen molar-refractivity contribution in [2.24, 2.45) is 11.8 Å².